The Bertz CT molecular complexity index is 1330. The first kappa shape index (κ1) is 26.6. The van der Waals surface area contributed by atoms with Crippen LogP contribution in [0.1, 0.15) is 22.3 Å². The fourth-order valence-corrected chi connectivity index (χ4v) is 7.79. The van der Waals surface area contributed by atoms with Crippen molar-refractivity contribution in [2.45, 2.75) is 27.7 Å². The third-order valence-corrected chi connectivity index (χ3v) is 8.74. The van der Waals surface area contributed by atoms with Gasteiger partial charge in [0.25, 0.3) is 0 Å². The number of ether oxygens (including phenoxy) is 4. The summed E-state index contributed by atoms with van der Waals surface area (Å²) < 4.78 is 23.1. The molecule has 0 aliphatic rings. The summed E-state index contributed by atoms with van der Waals surface area (Å²) in [5.74, 6) is 2.95. The van der Waals surface area contributed by atoms with Gasteiger partial charge in [-0.3, -0.25) is 0 Å². The third-order valence-electron chi connectivity index (χ3n) is 6.36. The highest BCUT2D eigenvalue weighted by molar-refractivity contribution is 7.80. The molecule has 37 heavy (non-hydrogen) atoms. The average molecular weight is 515 g/mol. The Hall–Kier alpha value is -3.49. The fraction of sp³-hybridized carbons (Fsp3) is 0.250. The largest absolute Gasteiger partial charge is 0.497 e. The van der Waals surface area contributed by atoms with Crippen molar-refractivity contribution in [3.05, 3.63) is 89.0 Å². The molecule has 5 heteroatoms. The predicted octanol–water partition coefficient (Wildman–Crippen LogP) is 6.38. The van der Waals surface area contributed by atoms with Gasteiger partial charge in [-0.05, 0) is 64.4 Å². The van der Waals surface area contributed by atoms with E-state index in [1.165, 1.54) is 32.9 Å². The zero-order chi connectivity index (χ0) is 26.7. The van der Waals surface area contributed by atoms with Crippen LogP contribution in [0.2, 0.25) is 0 Å². The van der Waals surface area contributed by atoms with Crippen LogP contribution < -0.4 is 34.9 Å². The van der Waals surface area contributed by atoms with Gasteiger partial charge in [-0.2, -0.15) is 0 Å². The summed E-state index contributed by atoms with van der Waals surface area (Å²) in [6, 6.07) is 23.7. The Kier molecular flexibility index (Phi) is 8.10. The van der Waals surface area contributed by atoms with E-state index < -0.39 is 7.92 Å². The van der Waals surface area contributed by atoms with Gasteiger partial charge in [0.15, 0.2) is 0 Å². The van der Waals surface area contributed by atoms with E-state index in [9.17, 15) is 0 Å². The first-order chi connectivity index (χ1) is 17.8. The van der Waals surface area contributed by atoms with Crippen LogP contribution in [0.4, 0.5) is 0 Å². The second kappa shape index (κ2) is 11.3. The molecular weight excluding hydrogens is 479 g/mol. The molecule has 4 nitrogen and oxygen atoms in total. The van der Waals surface area contributed by atoms with E-state index >= 15 is 0 Å². The highest BCUT2D eigenvalue weighted by atomic mass is 31.1. The van der Waals surface area contributed by atoms with E-state index in [1.54, 1.807) is 28.4 Å². The van der Waals surface area contributed by atoms with Crippen molar-refractivity contribution < 1.29 is 18.9 Å². The third kappa shape index (κ3) is 5.60. The molecule has 192 valence electrons. The second-order valence-corrected chi connectivity index (χ2v) is 11.5. The lowest BCUT2D eigenvalue weighted by Gasteiger charge is -2.26. The zero-order valence-electron chi connectivity index (χ0n) is 22.9. The number of benzene rings is 4. The van der Waals surface area contributed by atoms with Crippen molar-refractivity contribution in [2.24, 2.45) is 0 Å². The molecule has 0 N–H and O–H groups in total. The summed E-state index contributed by atoms with van der Waals surface area (Å²) in [7, 11) is 5.77. The second-order valence-electron chi connectivity index (χ2n) is 9.32. The lowest BCUT2D eigenvalue weighted by molar-refractivity contribution is 0.391. The van der Waals surface area contributed by atoms with Gasteiger partial charge in [0.1, 0.15) is 23.0 Å². The maximum Gasteiger partial charge on any atom is 0.131 e. The summed E-state index contributed by atoms with van der Waals surface area (Å²) in [4.78, 5) is 0. The molecule has 0 aliphatic carbocycles. The lowest BCUT2D eigenvalue weighted by Crippen LogP contribution is -2.24. The molecular formula is C32H35O4P. The Morgan fingerprint density at radius 1 is 0.486 bits per heavy atom. The minimum absolute atomic E-state index is 0.722. The molecule has 0 fully saturated rings. The standard InChI is InChI=1S/C32H35O4P/c1-20-11-21(2)14-26(13-20)37(27-15-22(3)12-23(4)16-27)31-19-25(34-6)18-30(36-8)32(31)28-10-9-24(33-5)17-29(28)35-7/h9-19H,1-8H3. The van der Waals surface area contributed by atoms with Crippen LogP contribution in [0.25, 0.3) is 11.1 Å². The molecule has 0 aliphatic heterocycles. The molecule has 0 bridgehead atoms. The van der Waals surface area contributed by atoms with E-state index in [0.29, 0.717) is 0 Å². The van der Waals surface area contributed by atoms with Gasteiger partial charge >= 0.3 is 0 Å². The minimum atomic E-state index is -0.975. The molecule has 4 aromatic carbocycles. The topological polar surface area (TPSA) is 36.9 Å². The monoisotopic (exact) mass is 514 g/mol. The zero-order valence-corrected chi connectivity index (χ0v) is 23.8. The molecule has 4 rings (SSSR count). The van der Waals surface area contributed by atoms with E-state index in [-0.39, 0.29) is 0 Å². The van der Waals surface area contributed by atoms with Gasteiger partial charge in [-0.25, -0.2) is 0 Å². The summed E-state index contributed by atoms with van der Waals surface area (Å²) in [6.45, 7) is 8.63. The van der Waals surface area contributed by atoms with Crippen molar-refractivity contribution in [3.63, 3.8) is 0 Å². The number of hydrogen-bond donors (Lipinski definition) is 0. The van der Waals surface area contributed by atoms with Crippen LogP contribution in [-0.2, 0) is 0 Å². The molecule has 4 aromatic rings. The quantitative estimate of drug-likeness (QED) is 0.256. The maximum absolute atomic E-state index is 6.00. The normalized spacial score (nSPS) is 10.9. The van der Waals surface area contributed by atoms with Crippen molar-refractivity contribution in [2.75, 3.05) is 28.4 Å². The molecule has 0 saturated heterocycles. The van der Waals surface area contributed by atoms with Gasteiger partial charge in [0, 0.05) is 28.6 Å². The fourth-order valence-electron chi connectivity index (χ4n) is 4.89. The molecule has 0 radical (unpaired) electrons. The highest BCUT2D eigenvalue weighted by Crippen LogP contribution is 2.46. The van der Waals surface area contributed by atoms with Crippen molar-refractivity contribution >= 4 is 23.8 Å². The Morgan fingerprint density at radius 2 is 0.973 bits per heavy atom. The predicted molar refractivity (Wildman–Crippen MR) is 156 cm³/mol. The molecule has 0 spiro atoms. The van der Waals surface area contributed by atoms with Crippen LogP contribution >= 0.6 is 7.92 Å². The van der Waals surface area contributed by atoms with Crippen molar-refractivity contribution in [1.82, 2.24) is 0 Å². The Labute approximate surface area is 221 Å². The van der Waals surface area contributed by atoms with Crippen LogP contribution in [0.15, 0.2) is 66.7 Å². The first-order valence-corrected chi connectivity index (χ1v) is 13.6. The first-order valence-electron chi connectivity index (χ1n) is 12.2. The summed E-state index contributed by atoms with van der Waals surface area (Å²) >= 11 is 0. The molecule has 0 amide bonds. The number of aryl methyl sites for hydroxylation is 4. The van der Waals surface area contributed by atoms with Gasteiger partial charge in [0.2, 0.25) is 0 Å². The molecule has 0 saturated carbocycles. The van der Waals surface area contributed by atoms with E-state index in [0.717, 1.165) is 39.4 Å². The number of hydrogen-bond acceptors (Lipinski definition) is 4. The van der Waals surface area contributed by atoms with E-state index in [4.69, 9.17) is 18.9 Å². The van der Waals surface area contributed by atoms with E-state index in [2.05, 4.69) is 70.2 Å². The van der Waals surface area contributed by atoms with Crippen LogP contribution in [0.5, 0.6) is 23.0 Å². The Morgan fingerprint density at radius 3 is 1.43 bits per heavy atom. The molecule has 0 atom stereocenters. The molecule has 0 heterocycles. The number of methoxy groups -OCH3 is 4. The van der Waals surface area contributed by atoms with Gasteiger partial charge in [-0.15, -0.1) is 0 Å². The summed E-state index contributed by atoms with van der Waals surface area (Å²) in [5.41, 5.74) is 6.90. The van der Waals surface area contributed by atoms with Gasteiger partial charge in [-0.1, -0.05) is 58.7 Å². The SMILES string of the molecule is COc1ccc(-c2c(OC)cc(OC)cc2P(c2cc(C)cc(C)c2)c2cc(C)cc(C)c2)c(OC)c1. The van der Waals surface area contributed by atoms with E-state index in [1.807, 2.05) is 24.3 Å². The van der Waals surface area contributed by atoms with Gasteiger partial charge in [0.05, 0.1) is 28.4 Å². The van der Waals surface area contributed by atoms with Crippen LogP contribution in [0, 0.1) is 27.7 Å². The average Bonchev–Trinajstić information content (AvgIpc) is 2.87. The lowest BCUT2D eigenvalue weighted by atomic mass is 10.0. The smallest absolute Gasteiger partial charge is 0.131 e. The highest BCUT2D eigenvalue weighted by Gasteiger charge is 2.27. The Balaban J connectivity index is 2.14. The van der Waals surface area contributed by atoms with Gasteiger partial charge < -0.3 is 18.9 Å². The molecule has 0 unspecified atom stereocenters. The van der Waals surface area contributed by atoms with Crippen molar-refractivity contribution in [3.8, 4) is 34.1 Å². The maximum atomic E-state index is 6.00. The van der Waals surface area contributed by atoms with Crippen molar-refractivity contribution in [1.29, 1.82) is 0 Å². The summed E-state index contributed by atoms with van der Waals surface area (Å²) in [5, 5.41) is 3.70. The minimum Gasteiger partial charge on any atom is -0.497 e. The number of rotatable bonds is 8. The van der Waals surface area contributed by atoms with Crippen LogP contribution in [0.3, 0.4) is 0 Å². The summed E-state index contributed by atoms with van der Waals surface area (Å²) in [6.07, 6.45) is 0. The van der Waals surface area contributed by atoms with Crippen LogP contribution in [-0.4, -0.2) is 28.4 Å². The molecule has 0 aromatic heterocycles.